The zero-order valence-corrected chi connectivity index (χ0v) is 12.0. The molecule has 1 fully saturated rings. The van der Waals surface area contributed by atoms with E-state index >= 15 is 0 Å². The Balaban J connectivity index is 2.28. The van der Waals surface area contributed by atoms with Gasteiger partial charge < -0.3 is 9.26 Å². The van der Waals surface area contributed by atoms with Crippen LogP contribution in [0.4, 0.5) is 5.88 Å². The summed E-state index contributed by atoms with van der Waals surface area (Å²) in [6.45, 7) is 1.59. The maximum atomic E-state index is 11.8. The van der Waals surface area contributed by atoms with Crippen LogP contribution in [0.5, 0.6) is 0 Å². The molecule has 1 aromatic rings. The van der Waals surface area contributed by atoms with Crippen molar-refractivity contribution in [2.24, 2.45) is 0 Å². The molecule has 0 N–H and O–H groups in total. The predicted molar refractivity (Wildman–Crippen MR) is 68.0 cm³/mol. The number of carbonyl (C=O) groups is 2. The molecule has 1 unspecified atom stereocenters. The minimum absolute atomic E-state index is 0.0344. The van der Waals surface area contributed by atoms with Crippen LogP contribution in [0.2, 0.25) is 0 Å². The van der Waals surface area contributed by atoms with Crippen LogP contribution in [-0.4, -0.2) is 43.9 Å². The third-order valence-corrected chi connectivity index (χ3v) is 4.65. The van der Waals surface area contributed by atoms with E-state index in [1.54, 1.807) is 6.92 Å². The number of nitrogens with zero attached hydrogens (tertiary/aromatic N) is 2. The highest BCUT2D eigenvalue weighted by atomic mass is 35.7. The van der Waals surface area contributed by atoms with Crippen LogP contribution in [0.1, 0.15) is 23.7 Å². The fraction of sp³-hybridized carbons (Fsp3) is 0.500. The van der Waals surface area contributed by atoms with Crippen molar-refractivity contribution in [3.8, 4) is 0 Å². The maximum absolute atomic E-state index is 11.8. The van der Waals surface area contributed by atoms with Gasteiger partial charge in [0.05, 0.1) is 12.8 Å². The molecule has 1 aliphatic rings. The zero-order chi connectivity index (χ0) is 14.9. The smallest absolute Gasteiger partial charge is 0.345 e. The van der Waals surface area contributed by atoms with E-state index < -0.39 is 26.2 Å². The summed E-state index contributed by atoms with van der Waals surface area (Å²) >= 11 is 0. The summed E-state index contributed by atoms with van der Waals surface area (Å²) in [5, 5.41) is 2.39. The van der Waals surface area contributed by atoms with Gasteiger partial charge in [0.25, 0.3) is 0 Å². The largest absolute Gasteiger partial charge is 0.462 e. The van der Waals surface area contributed by atoms with Crippen molar-refractivity contribution in [1.82, 2.24) is 5.16 Å². The van der Waals surface area contributed by atoms with Gasteiger partial charge >= 0.3 is 5.97 Å². The summed E-state index contributed by atoms with van der Waals surface area (Å²) in [5.74, 6) is -1.34. The van der Waals surface area contributed by atoms with E-state index in [1.807, 2.05) is 0 Å². The van der Waals surface area contributed by atoms with Crippen molar-refractivity contribution >= 4 is 37.5 Å². The number of anilines is 1. The Kier molecular flexibility index (Phi) is 4.00. The summed E-state index contributed by atoms with van der Waals surface area (Å²) in [7, 11) is 1.37. The van der Waals surface area contributed by atoms with Crippen LogP contribution in [-0.2, 0) is 18.6 Å². The molecule has 2 heterocycles. The van der Waals surface area contributed by atoms with Crippen molar-refractivity contribution in [1.29, 1.82) is 0 Å². The van der Waals surface area contributed by atoms with Gasteiger partial charge in [-0.2, -0.15) is 0 Å². The molecule has 1 aliphatic heterocycles. The summed E-state index contributed by atoms with van der Waals surface area (Å²) in [5.41, 5.74) is -0.0344. The van der Waals surface area contributed by atoms with Gasteiger partial charge in [-0.3, -0.25) is 9.69 Å². The number of aromatic nitrogens is 1. The SMILES string of the molecule is CCOC(=O)c1cnoc1N1CC(S(=O)(=O)Cl)CC1=O. The molecule has 0 saturated carbocycles. The van der Waals surface area contributed by atoms with Gasteiger partial charge in [0, 0.05) is 23.6 Å². The number of rotatable bonds is 4. The third kappa shape index (κ3) is 2.78. The van der Waals surface area contributed by atoms with Crippen molar-refractivity contribution in [3.63, 3.8) is 0 Å². The molecule has 1 atom stereocenters. The van der Waals surface area contributed by atoms with E-state index in [0.717, 1.165) is 11.1 Å². The van der Waals surface area contributed by atoms with E-state index in [4.69, 9.17) is 19.9 Å². The number of hydrogen-bond donors (Lipinski definition) is 0. The first-order valence-electron chi connectivity index (χ1n) is 5.70. The standard InChI is InChI=1S/C10H11ClN2O6S/c1-2-18-10(15)7-4-12-19-9(7)13-5-6(3-8(13)14)20(11,16)17/h4,6H,2-3,5H2,1H3. The highest BCUT2D eigenvalue weighted by Gasteiger charge is 2.41. The highest BCUT2D eigenvalue weighted by Crippen LogP contribution is 2.29. The molecular formula is C10H11ClN2O6S. The van der Waals surface area contributed by atoms with Gasteiger partial charge in [0.1, 0.15) is 10.8 Å². The molecule has 0 radical (unpaired) electrons. The van der Waals surface area contributed by atoms with E-state index in [1.165, 1.54) is 0 Å². The number of esters is 1. The second-order valence-electron chi connectivity index (χ2n) is 4.07. The third-order valence-electron chi connectivity index (χ3n) is 2.78. The number of amides is 1. The number of halogens is 1. The first-order chi connectivity index (χ1) is 9.34. The lowest BCUT2D eigenvalue weighted by Gasteiger charge is -2.13. The molecule has 1 aromatic heterocycles. The molecule has 1 amide bonds. The summed E-state index contributed by atoms with van der Waals surface area (Å²) in [6.07, 6.45) is 0.845. The van der Waals surface area contributed by atoms with Crippen molar-refractivity contribution in [3.05, 3.63) is 11.8 Å². The van der Waals surface area contributed by atoms with Crippen molar-refractivity contribution < 1.29 is 27.3 Å². The second kappa shape index (κ2) is 5.41. The Morgan fingerprint density at radius 1 is 1.65 bits per heavy atom. The van der Waals surface area contributed by atoms with Crippen molar-refractivity contribution in [2.75, 3.05) is 18.1 Å². The van der Waals surface area contributed by atoms with E-state index in [9.17, 15) is 18.0 Å². The molecule has 0 aliphatic carbocycles. The van der Waals surface area contributed by atoms with Crippen LogP contribution >= 0.6 is 10.7 Å². The lowest BCUT2D eigenvalue weighted by Crippen LogP contribution is -2.27. The first kappa shape index (κ1) is 14.8. The molecule has 20 heavy (non-hydrogen) atoms. The van der Waals surface area contributed by atoms with Crippen LogP contribution in [0.25, 0.3) is 0 Å². The molecule has 110 valence electrons. The van der Waals surface area contributed by atoms with Gasteiger partial charge in [-0.1, -0.05) is 5.16 Å². The van der Waals surface area contributed by atoms with E-state index in [2.05, 4.69) is 5.16 Å². The Hall–Kier alpha value is -1.61. The van der Waals surface area contributed by atoms with Crippen LogP contribution in [0.3, 0.4) is 0 Å². The van der Waals surface area contributed by atoms with Crippen LogP contribution in [0, 0.1) is 0 Å². The highest BCUT2D eigenvalue weighted by molar-refractivity contribution is 8.14. The number of carbonyl (C=O) groups excluding carboxylic acids is 2. The van der Waals surface area contributed by atoms with Crippen molar-refractivity contribution in [2.45, 2.75) is 18.6 Å². The molecular weight excluding hydrogens is 312 g/mol. The van der Waals surface area contributed by atoms with Gasteiger partial charge in [-0.05, 0) is 6.92 Å². The first-order valence-corrected chi connectivity index (χ1v) is 8.07. The number of hydrogen-bond acceptors (Lipinski definition) is 7. The fourth-order valence-electron chi connectivity index (χ4n) is 1.84. The minimum Gasteiger partial charge on any atom is -0.462 e. The van der Waals surface area contributed by atoms with Gasteiger partial charge in [-0.15, -0.1) is 0 Å². The molecule has 10 heteroatoms. The minimum atomic E-state index is -3.87. The molecule has 0 bridgehead atoms. The van der Waals surface area contributed by atoms with Gasteiger partial charge in [0.15, 0.2) is 0 Å². The maximum Gasteiger partial charge on any atom is 0.345 e. The van der Waals surface area contributed by atoms with Crippen LogP contribution < -0.4 is 4.90 Å². The Morgan fingerprint density at radius 3 is 2.90 bits per heavy atom. The summed E-state index contributed by atoms with van der Waals surface area (Å²) < 4.78 is 32.2. The monoisotopic (exact) mass is 322 g/mol. The second-order valence-corrected chi connectivity index (χ2v) is 6.98. The molecule has 0 spiro atoms. The lowest BCUT2D eigenvalue weighted by atomic mass is 10.3. The van der Waals surface area contributed by atoms with Crippen LogP contribution in [0.15, 0.2) is 10.7 Å². The average molecular weight is 323 g/mol. The Bertz CT molecular complexity index is 640. The molecule has 0 aromatic carbocycles. The van der Waals surface area contributed by atoms with E-state index in [-0.39, 0.29) is 31.0 Å². The zero-order valence-electron chi connectivity index (χ0n) is 10.4. The average Bonchev–Trinajstić information content (AvgIpc) is 2.94. The molecule has 1 saturated heterocycles. The molecule has 8 nitrogen and oxygen atoms in total. The van der Waals surface area contributed by atoms with E-state index in [0.29, 0.717) is 0 Å². The fourth-order valence-corrected chi connectivity index (χ4v) is 2.86. The Labute approximate surface area is 119 Å². The predicted octanol–water partition coefficient (Wildman–Crippen LogP) is 0.525. The topological polar surface area (TPSA) is 107 Å². The van der Waals surface area contributed by atoms with Gasteiger partial charge in [-0.25, -0.2) is 13.2 Å². The number of ether oxygens (including phenoxy) is 1. The normalized spacial score (nSPS) is 19.4. The summed E-state index contributed by atoms with van der Waals surface area (Å²) in [4.78, 5) is 24.5. The summed E-state index contributed by atoms with van der Waals surface area (Å²) in [6, 6.07) is 0. The van der Waals surface area contributed by atoms with Gasteiger partial charge in [0.2, 0.25) is 20.8 Å². The molecule has 2 rings (SSSR count). The Morgan fingerprint density at radius 2 is 2.35 bits per heavy atom. The lowest BCUT2D eigenvalue weighted by molar-refractivity contribution is -0.117. The quantitative estimate of drug-likeness (QED) is 0.587.